The lowest BCUT2D eigenvalue weighted by Gasteiger charge is -2.18. The highest BCUT2D eigenvalue weighted by molar-refractivity contribution is 14.1. The molecule has 4 N–H and O–H groups in total. The number of sulfone groups is 1. The van der Waals surface area contributed by atoms with Crippen molar-refractivity contribution in [2.75, 3.05) is 35.7 Å². The van der Waals surface area contributed by atoms with Gasteiger partial charge in [0.05, 0.1) is 35.2 Å². The number of rotatable bonds is 10. The monoisotopic (exact) mass is 746 g/mol. The van der Waals surface area contributed by atoms with Gasteiger partial charge in [-0.25, -0.2) is 22.3 Å². The molecule has 0 bridgehead atoms. The van der Waals surface area contributed by atoms with Crippen LogP contribution in [0.3, 0.4) is 0 Å². The summed E-state index contributed by atoms with van der Waals surface area (Å²) in [5.41, 5.74) is 7.82. The highest BCUT2D eigenvalue weighted by Gasteiger charge is 2.31. The number of hydrogen-bond donors (Lipinski definition) is 3. The van der Waals surface area contributed by atoms with Crippen molar-refractivity contribution in [1.82, 2.24) is 9.58 Å². The van der Waals surface area contributed by atoms with E-state index < -0.39 is 60.4 Å². The quantitative estimate of drug-likeness (QED) is 0.185. The van der Waals surface area contributed by atoms with E-state index in [2.05, 4.69) is 23.2 Å². The predicted molar refractivity (Wildman–Crippen MR) is 166 cm³/mol. The lowest BCUT2D eigenvalue weighted by Crippen LogP contribution is -2.27. The van der Waals surface area contributed by atoms with E-state index in [1.54, 1.807) is 30.8 Å². The van der Waals surface area contributed by atoms with Crippen molar-refractivity contribution in [2.24, 2.45) is 12.2 Å². The Hall–Kier alpha value is -3.89. The number of nitriles is 1. The summed E-state index contributed by atoms with van der Waals surface area (Å²) < 4.78 is 87.7. The van der Waals surface area contributed by atoms with Gasteiger partial charge in [0, 0.05) is 30.1 Å². The molecule has 0 fully saturated rings. The lowest BCUT2D eigenvalue weighted by atomic mass is 9.97. The van der Waals surface area contributed by atoms with Crippen LogP contribution in [-0.4, -0.2) is 55.0 Å². The van der Waals surface area contributed by atoms with E-state index in [0.717, 1.165) is 0 Å². The van der Waals surface area contributed by atoms with Gasteiger partial charge in [-0.1, -0.05) is 19.1 Å². The number of benzene rings is 2. The van der Waals surface area contributed by atoms with Gasteiger partial charge < -0.3 is 16.4 Å². The van der Waals surface area contributed by atoms with Gasteiger partial charge in [-0.3, -0.25) is 4.90 Å². The molecule has 2 aromatic carbocycles. The molecule has 0 saturated carbocycles. The third kappa shape index (κ3) is 7.60. The summed E-state index contributed by atoms with van der Waals surface area (Å²) in [5.74, 6) is -0.779. The molecule has 11 nitrogen and oxygen atoms in total. The Morgan fingerprint density at radius 1 is 1.18 bits per heavy atom. The van der Waals surface area contributed by atoms with Crippen LogP contribution in [0.2, 0.25) is 0 Å². The van der Waals surface area contributed by atoms with Crippen molar-refractivity contribution >= 4 is 54.4 Å². The molecule has 0 saturated heterocycles. The van der Waals surface area contributed by atoms with Gasteiger partial charge in [0.2, 0.25) is 0 Å². The number of fused-ring (bicyclic) bond motifs is 1. The number of hydrogen-bond acceptors (Lipinski definition) is 8. The van der Waals surface area contributed by atoms with E-state index in [1.807, 2.05) is 4.90 Å². The van der Waals surface area contributed by atoms with E-state index in [9.17, 15) is 36.0 Å². The summed E-state index contributed by atoms with van der Waals surface area (Å²) >= 11 is -1.01. The van der Waals surface area contributed by atoms with Crippen molar-refractivity contribution in [3.05, 3.63) is 70.8 Å². The Bertz CT molecular complexity index is 1780. The number of nitrogens with one attached hydrogen (secondary N) is 2. The molecule has 3 aromatic rings. The summed E-state index contributed by atoms with van der Waals surface area (Å²) in [7, 11) is -1.42. The normalized spacial score (nSPS) is 13.1. The van der Waals surface area contributed by atoms with Gasteiger partial charge in [0.25, 0.3) is 0 Å². The molecule has 17 heteroatoms. The van der Waals surface area contributed by atoms with Gasteiger partial charge in [-0.15, -0.1) is 3.25 Å². The first-order valence-electron chi connectivity index (χ1n) is 13.0. The molecule has 0 unspecified atom stereocenters. The fraction of sp³-hybridized carbons (Fsp3) is 0.296. The zero-order chi connectivity index (χ0) is 32.2. The number of anilines is 2. The van der Waals surface area contributed by atoms with Crippen LogP contribution < -0.4 is 16.4 Å². The summed E-state index contributed by atoms with van der Waals surface area (Å²) in [6.07, 6.45) is -4.72. The number of amidine groups is 1. The van der Waals surface area contributed by atoms with Crippen molar-refractivity contribution in [1.29, 1.82) is 5.26 Å². The first-order valence-corrected chi connectivity index (χ1v) is 16.7. The topological polar surface area (TPSA) is 158 Å². The highest BCUT2D eigenvalue weighted by Crippen LogP contribution is 2.37. The van der Waals surface area contributed by atoms with Crippen LogP contribution in [0.1, 0.15) is 29.4 Å². The number of amides is 2. The highest BCUT2D eigenvalue weighted by atomic mass is 127. The molecule has 44 heavy (non-hydrogen) atoms. The largest absolute Gasteiger partial charge is 0.416 e. The van der Waals surface area contributed by atoms with Crippen LogP contribution in [0.15, 0.2) is 48.9 Å². The molecule has 1 aliphatic heterocycles. The predicted octanol–water partition coefficient (Wildman–Crippen LogP) is 5.44. The van der Waals surface area contributed by atoms with Crippen LogP contribution in [0.5, 0.6) is 0 Å². The maximum absolute atomic E-state index is 14.1. The van der Waals surface area contributed by atoms with Crippen molar-refractivity contribution < 1.29 is 30.8 Å². The molecule has 4 rings (SSSR count). The minimum atomic E-state index is -4.72. The van der Waals surface area contributed by atoms with Crippen LogP contribution in [0.25, 0.3) is 11.1 Å². The fourth-order valence-corrected chi connectivity index (χ4v) is 6.53. The van der Waals surface area contributed by atoms with E-state index in [-0.39, 0.29) is 42.5 Å². The second-order valence-corrected chi connectivity index (χ2v) is 13.6. The molecule has 0 radical (unpaired) electrons. The Kier molecular flexibility index (Phi) is 10.1. The second-order valence-electron chi connectivity index (χ2n) is 9.74. The number of halogens is 5. The van der Waals surface area contributed by atoms with Crippen molar-refractivity contribution in [3.63, 3.8) is 0 Å². The lowest BCUT2D eigenvalue weighted by molar-refractivity contribution is -0.137. The summed E-state index contributed by atoms with van der Waals surface area (Å²) in [6.45, 7) is 2.14. The Morgan fingerprint density at radius 3 is 2.52 bits per heavy atom. The molecule has 2 amide bonds. The average molecular weight is 747 g/mol. The zero-order valence-corrected chi connectivity index (χ0v) is 26.4. The van der Waals surface area contributed by atoms with Crippen molar-refractivity contribution in [3.8, 4) is 17.2 Å². The van der Waals surface area contributed by atoms with Gasteiger partial charge >= 0.3 is 12.2 Å². The maximum atomic E-state index is 14.1. The van der Waals surface area contributed by atoms with E-state index >= 15 is 0 Å². The molecule has 1 aromatic heterocycles. The summed E-state index contributed by atoms with van der Waals surface area (Å²) in [6, 6.07) is 9.25. The molecular formula is C27H27F4IN8O3S. The molecule has 234 valence electrons. The Labute approximate surface area is 261 Å². The fourth-order valence-electron chi connectivity index (χ4n) is 4.43. The first kappa shape index (κ1) is 33.0. The first-order chi connectivity index (χ1) is 20.7. The van der Waals surface area contributed by atoms with Crippen LogP contribution in [-0.2, 0) is 29.0 Å². The van der Waals surface area contributed by atoms with E-state index in [1.165, 1.54) is 12.1 Å². The number of nitrogens with zero attached hydrogens (tertiary/aromatic N) is 5. The van der Waals surface area contributed by atoms with Gasteiger partial charge in [0.1, 0.15) is 11.5 Å². The molecular weight excluding hydrogens is 719 g/mol. The number of carbonyl (C=O) groups excluding carboxylic acids is 1. The Balaban J connectivity index is 1.61. The van der Waals surface area contributed by atoms with Gasteiger partial charge in [0.15, 0.2) is 37.0 Å². The second kappa shape index (κ2) is 13.4. The minimum Gasteiger partial charge on any atom is -0.381 e. The third-order valence-corrected chi connectivity index (χ3v) is 9.75. The maximum Gasteiger partial charge on any atom is 0.416 e. The standard InChI is InChI=1S/C27H27F4IN8O3S/c1-3-44(42,43)13-12-39(2)15-22-19(10-11-33)23(24-25(34)37-32-38-40(22)24)16-4-7-18(8-5-16)35-26(41)36-21-14-17(27(29,30)31)6-9-20(21)28/h4-9,14H,3,10,12-13,15H2,1-2H3,(H2,34,37,38)(H2,35,36,41). The van der Waals surface area contributed by atoms with Crippen LogP contribution in [0.4, 0.5) is 33.7 Å². The SMILES string of the molecule is CCS(=O)(=O)CCN(C)Cc1c(CC#N)c(-c2ccc(NC(=O)Nc3cc(C(F)(F)F)ccc3F)cc2)c2n1N=IN=C2N. The van der Waals surface area contributed by atoms with Gasteiger partial charge in [-0.05, 0) is 48.5 Å². The molecule has 0 aliphatic carbocycles. The van der Waals surface area contributed by atoms with Crippen LogP contribution in [0, 0.1) is 17.1 Å². The van der Waals surface area contributed by atoms with Gasteiger partial charge in [-0.2, -0.15) is 21.6 Å². The molecule has 2 heterocycles. The number of urea groups is 1. The molecule has 0 spiro atoms. The minimum absolute atomic E-state index is 0.00214. The molecule has 0 atom stereocenters. The number of aromatic nitrogens is 1. The zero-order valence-electron chi connectivity index (χ0n) is 23.4. The van der Waals surface area contributed by atoms with Crippen LogP contribution >= 0.6 is 21.3 Å². The number of alkyl halides is 3. The smallest absolute Gasteiger partial charge is 0.381 e. The summed E-state index contributed by atoms with van der Waals surface area (Å²) in [5, 5.41) is 14.2. The average Bonchev–Trinajstić information content (AvgIpc) is 3.27. The number of carbonyl (C=O) groups is 1. The van der Waals surface area contributed by atoms with Crippen molar-refractivity contribution in [2.45, 2.75) is 26.1 Å². The summed E-state index contributed by atoms with van der Waals surface area (Å²) in [4.78, 5) is 14.3. The molecule has 1 aliphatic rings. The third-order valence-electron chi connectivity index (χ3n) is 6.71. The Morgan fingerprint density at radius 2 is 1.89 bits per heavy atom. The van der Waals surface area contributed by atoms with E-state index in [4.69, 9.17) is 5.73 Å². The number of nitrogens with two attached hydrogens (primary N) is 1. The van der Waals surface area contributed by atoms with E-state index in [0.29, 0.717) is 46.3 Å².